The zero-order valence-corrected chi connectivity index (χ0v) is 18.0. The molecule has 0 saturated heterocycles. The van der Waals surface area contributed by atoms with Crippen LogP contribution in [-0.4, -0.2) is 32.4 Å². The van der Waals surface area contributed by atoms with Crippen molar-refractivity contribution in [2.75, 3.05) is 0 Å². The molecular formula is C22H26FN3O2S. The zero-order valence-electron chi connectivity index (χ0n) is 17.2. The van der Waals surface area contributed by atoms with Crippen molar-refractivity contribution >= 4 is 27.5 Å². The van der Waals surface area contributed by atoms with Gasteiger partial charge in [0.1, 0.15) is 17.2 Å². The van der Waals surface area contributed by atoms with E-state index >= 15 is 0 Å². The zero-order chi connectivity index (χ0) is 21.1. The average molecular weight is 416 g/mol. The fraction of sp³-hybridized carbons (Fsp3) is 0.409. The van der Waals surface area contributed by atoms with Crippen LogP contribution in [0.5, 0.6) is 0 Å². The minimum Gasteiger partial charge on any atom is -0.336 e. The van der Waals surface area contributed by atoms with E-state index in [9.17, 15) is 14.0 Å². The minimum atomic E-state index is -0.329. The van der Waals surface area contributed by atoms with Gasteiger partial charge in [-0.05, 0) is 44.4 Å². The van der Waals surface area contributed by atoms with Gasteiger partial charge in [-0.25, -0.2) is 9.37 Å². The topological polar surface area (TPSA) is 55.2 Å². The number of nitrogens with zero attached hydrogens (tertiary/aromatic N) is 3. The lowest BCUT2D eigenvalue weighted by atomic mass is 10.1. The first-order valence-corrected chi connectivity index (χ1v) is 10.8. The molecule has 0 radical (unpaired) electrons. The lowest BCUT2D eigenvalue weighted by Gasteiger charge is -2.34. The smallest absolute Gasteiger partial charge is 0.263 e. The number of aromatic nitrogens is 2. The van der Waals surface area contributed by atoms with Gasteiger partial charge in [0.25, 0.3) is 5.56 Å². The summed E-state index contributed by atoms with van der Waals surface area (Å²) in [5.74, 6) is -0.417. The summed E-state index contributed by atoms with van der Waals surface area (Å²) < 4.78 is 14.7. The summed E-state index contributed by atoms with van der Waals surface area (Å²) >= 11 is 1.36. The average Bonchev–Trinajstić information content (AvgIpc) is 3.15. The summed E-state index contributed by atoms with van der Waals surface area (Å²) in [5, 5.41) is 2.32. The first-order chi connectivity index (χ1) is 13.9. The van der Waals surface area contributed by atoms with Crippen LogP contribution in [-0.2, 0) is 11.3 Å². The number of benzene rings is 1. The highest BCUT2D eigenvalue weighted by Crippen LogP contribution is 2.30. The molecule has 0 fully saturated rings. The molecular weight excluding hydrogens is 389 g/mol. The van der Waals surface area contributed by atoms with Crippen LogP contribution in [0.1, 0.15) is 40.5 Å². The predicted octanol–water partition coefficient (Wildman–Crippen LogP) is 4.69. The van der Waals surface area contributed by atoms with Crippen molar-refractivity contribution in [3.63, 3.8) is 0 Å². The molecule has 0 spiro atoms. The van der Waals surface area contributed by atoms with Crippen molar-refractivity contribution in [3.05, 3.63) is 52.1 Å². The van der Waals surface area contributed by atoms with Gasteiger partial charge >= 0.3 is 0 Å². The Morgan fingerprint density at radius 2 is 1.79 bits per heavy atom. The van der Waals surface area contributed by atoms with Gasteiger partial charge in [-0.1, -0.05) is 26.0 Å². The Hall–Kier alpha value is -2.54. The highest BCUT2D eigenvalue weighted by molar-refractivity contribution is 7.17. The van der Waals surface area contributed by atoms with Gasteiger partial charge < -0.3 is 4.90 Å². The third-order valence-corrected chi connectivity index (χ3v) is 6.33. The highest BCUT2D eigenvalue weighted by Gasteiger charge is 2.24. The molecule has 154 valence electrons. The molecule has 0 bridgehead atoms. The molecule has 5 nitrogen and oxygen atoms in total. The van der Waals surface area contributed by atoms with Crippen molar-refractivity contribution in [1.29, 1.82) is 0 Å². The molecule has 0 aliphatic heterocycles. The van der Waals surface area contributed by atoms with Crippen molar-refractivity contribution in [2.24, 2.45) is 0 Å². The molecule has 2 aromatic heterocycles. The van der Waals surface area contributed by atoms with Crippen LogP contribution < -0.4 is 5.56 Å². The van der Waals surface area contributed by atoms with E-state index in [2.05, 4.69) is 4.98 Å². The standard InChI is InChI=1S/C22H26FN3O2S/c1-5-14(3)26(15(4)6-2)19(27)11-25-13-24-21-20(22(25)28)18(12-29-21)16-7-9-17(23)10-8-16/h7-10,12-15H,5-6,11H2,1-4H3/t14-,15+. The van der Waals surface area contributed by atoms with Crippen LogP contribution in [0.2, 0.25) is 0 Å². The summed E-state index contributed by atoms with van der Waals surface area (Å²) in [6.07, 6.45) is 3.14. The molecule has 1 aromatic carbocycles. The Bertz CT molecular complexity index is 1050. The number of fused-ring (bicyclic) bond motifs is 1. The second-order valence-corrected chi connectivity index (χ2v) is 8.19. The molecule has 3 rings (SSSR count). The van der Waals surface area contributed by atoms with Crippen molar-refractivity contribution in [1.82, 2.24) is 14.5 Å². The van der Waals surface area contributed by atoms with Gasteiger partial charge in [-0.15, -0.1) is 11.3 Å². The fourth-order valence-corrected chi connectivity index (χ4v) is 4.38. The first kappa shape index (κ1) is 21.2. The number of carbonyl (C=O) groups excluding carboxylic acids is 1. The molecule has 7 heteroatoms. The van der Waals surface area contributed by atoms with E-state index in [0.717, 1.165) is 18.4 Å². The van der Waals surface area contributed by atoms with Crippen molar-refractivity contribution < 1.29 is 9.18 Å². The van der Waals surface area contributed by atoms with E-state index in [1.807, 2.05) is 38.0 Å². The van der Waals surface area contributed by atoms with Crippen LogP contribution in [0.4, 0.5) is 4.39 Å². The third-order valence-electron chi connectivity index (χ3n) is 5.44. The normalized spacial score (nSPS) is 13.4. The number of hydrogen-bond donors (Lipinski definition) is 0. The summed E-state index contributed by atoms with van der Waals surface area (Å²) in [7, 11) is 0. The Morgan fingerprint density at radius 3 is 2.38 bits per heavy atom. The maximum absolute atomic E-state index is 13.3. The number of hydrogen-bond acceptors (Lipinski definition) is 4. The molecule has 1 amide bonds. The van der Waals surface area contributed by atoms with Crippen LogP contribution in [0, 0.1) is 5.82 Å². The van der Waals surface area contributed by atoms with E-state index < -0.39 is 0 Å². The third kappa shape index (κ3) is 4.24. The molecule has 3 aromatic rings. The molecule has 2 heterocycles. The van der Waals surface area contributed by atoms with Crippen molar-refractivity contribution in [3.8, 4) is 11.1 Å². The molecule has 0 N–H and O–H groups in total. The van der Waals surface area contributed by atoms with E-state index in [-0.39, 0.29) is 35.9 Å². The molecule has 0 aliphatic carbocycles. The second-order valence-electron chi connectivity index (χ2n) is 7.33. The molecule has 0 unspecified atom stereocenters. The van der Waals surface area contributed by atoms with Crippen molar-refractivity contribution in [2.45, 2.75) is 59.2 Å². The summed E-state index contributed by atoms with van der Waals surface area (Å²) in [6.45, 7) is 8.11. The maximum atomic E-state index is 13.3. The Kier molecular flexibility index (Phi) is 6.47. The highest BCUT2D eigenvalue weighted by atomic mass is 32.1. The number of amides is 1. The predicted molar refractivity (Wildman–Crippen MR) is 116 cm³/mol. The Morgan fingerprint density at radius 1 is 1.17 bits per heavy atom. The van der Waals surface area contributed by atoms with E-state index in [1.165, 1.54) is 34.4 Å². The second kappa shape index (κ2) is 8.86. The first-order valence-electron chi connectivity index (χ1n) is 9.91. The lowest BCUT2D eigenvalue weighted by molar-refractivity contribution is -0.136. The number of rotatable bonds is 7. The van der Waals surface area contributed by atoms with E-state index in [0.29, 0.717) is 15.8 Å². The summed E-state index contributed by atoms with van der Waals surface area (Å²) in [6, 6.07) is 6.22. The molecule has 29 heavy (non-hydrogen) atoms. The van der Waals surface area contributed by atoms with Crippen LogP contribution in [0.3, 0.4) is 0 Å². The van der Waals surface area contributed by atoms with Gasteiger partial charge in [-0.3, -0.25) is 14.2 Å². The number of halogens is 1. The van der Waals surface area contributed by atoms with Gasteiger partial charge in [-0.2, -0.15) is 0 Å². The maximum Gasteiger partial charge on any atom is 0.263 e. The molecule has 2 atom stereocenters. The SMILES string of the molecule is CC[C@@H](C)N(C(=O)Cn1cnc2scc(-c3ccc(F)cc3)c2c1=O)[C@@H](C)CC. The van der Waals surface area contributed by atoms with Gasteiger partial charge in [0, 0.05) is 23.0 Å². The molecule has 0 aliphatic rings. The Balaban J connectivity index is 1.99. The van der Waals surface area contributed by atoms with E-state index in [1.54, 1.807) is 12.1 Å². The van der Waals surface area contributed by atoms with Gasteiger partial charge in [0.05, 0.1) is 11.7 Å². The fourth-order valence-electron chi connectivity index (χ4n) is 3.47. The Labute approximate surface area is 173 Å². The monoisotopic (exact) mass is 415 g/mol. The van der Waals surface area contributed by atoms with Gasteiger partial charge in [0.15, 0.2) is 0 Å². The number of carbonyl (C=O) groups is 1. The largest absolute Gasteiger partial charge is 0.336 e. The van der Waals surface area contributed by atoms with Gasteiger partial charge in [0.2, 0.25) is 5.91 Å². The van der Waals surface area contributed by atoms with Crippen LogP contribution in [0.25, 0.3) is 21.3 Å². The summed E-state index contributed by atoms with van der Waals surface area (Å²) in [5.41, 5.74) is 1.21. The van der Waals surface area contributed by atoms with E-state index in [4.69, 9.17) is 0 Å². The number of thiophene rings is 1. The van der Waals surface area contributed by atoms with Crippen LogP contribution in [0.15, 0.2) is 40.8 Å². The quantitative estimate of drug-likeness (QED) is 0.563. The molecule has 0 saturated carbocycles. The minimum absolute atomic E-state index is 0.0465. The van der Waals surface area contributed by atoms with Crippen LogP contribution >= 0.6 is 11.3 Å². The summed E-state index contributed by atoms with van der Waals surface area (Å²) in [4.78, 5) is 33.1. The lowest BCUT2D eigenvalue weighted by Crippen LogP contribution is -2.46.